The first-order chi connectivity index (χ1) is 9.60. The van der Waals surface area contributed by atoms with Gasteiger partial charge in [-0.3, -0.25) is 4.79 Å². The molecule has 0 spiro atoms. The number of hydrogen-bond acceptors (Lipinski definition) is 3. The molecule has 2 rings (SSSR count). The number of benzene rings is 1. The number of halogens is 6. The van der Waals surface area contributed by atoms with E-state index in [0.29, 0.717) is 10.9 Å². The lowest BCUT2D eigenvalue weighted by Crippen LogP contribution is -2.23. The van der Waals surface area contributed by atoms with Gasteiger partial charge in [0, 0.05) is 0 Å². The van der Waals surface area contributed by atoms with Gasteiger partial charge in [-0.15, -0.1) is 5.10 Å². The van der Waals surface area contributed by atoms with Crippen molar-refractivity contribution in [3.63, 3.8) is 0 Å². The van der Waals surface area contributed by atoms with Crippen LogP contribution in [0.2, 0.25) is 0 Å². The highest BCUT2D eigenvalue weighted by Gasteiger charge is 2.41. The molecule has 112 valence electrons. The number of ketones is 1. The molecule has 1 heterocycles. The maximum atomic E-state index is 12.8. The van der Waals surface area contributed by atoms with Crippen LogP contribution in [0.25, 0.3) is 5.69 Å². The molecule has 1 aromatic carbocycles. The second-order valence-corrected chi connectivity index (χ2v) is 3.89. The van der Waals surface area contributed by atoms with Crippen molar-refractivity contribution in [1.29, 1.82) is 0 Å². The van der Waals surface area contributed by atoms with E-state index in [1.807, 2.05) is 0 Å². The molecule has 1 aromatic heterocycles. The van der Waals surface area contributed by atoms with Crippen molar-refractivity contribution < 1.29 is 31.1 Å². The van der Waals surface area contributed by atoms with Crippen LogP contribution in [0, 0.1) is 0 Å². The van der Waals surface area contributed by atoms with Gasteiger partial charge in [-0.25, -0.2) is 4.68 Å². The number of carbonyl (C=O) groups excluding carboxylic acids is 1. The van der Waals surface area contributed by atoms with Crippen molar-refractivity contribution in [1.82, 2.24) is 15.0 Å². The number of hydrogen-bond donors (Lipinski definition) is 0. The molecule has 0 N–H and O–H groups in total. The largest absolute Gasteiger partial charge is 0.456 e. The predicted molar refractivity (Wildman–Crippen MR) is 56.7 cm³/mol. The molecule has 0 aliphatic heterocycles. The lowest BCUT2D eigenvalue weighted by atomic mass is 10.1. The van der Waals surface area contributed by atoms with E-state index in [1.54, 1.807) is 0 Å². The number of rotatable bonds is 2. The molecule has 0 aliphatic carbocycles. The average Bonchev–Trinajstić information content (AvgIpc) is 2.85. The normalized spacial score (nSPS) is 12.5. The molecule has 0 unspecified atom stereocenters. The summed E-state index contributed by atoms with van der Waals surface area (Å²) in [5.41, 5.74) is -2.72. The van der Waals surface area contributed by atoms with E-state index in [4.69, 9.17) is 0 Å². The topological polar surface area (TPSA) is 47.8 Å². The molecule has 10 heteroatoms. The third-order valence-electron chi connectivity index (χ3n) is 2.44. The van der Waals surface area contributed by atoms with Crippen molar-refractivity contribution in [2.24, 2.45) is 0 Å². The van der Waals surface area contributed by atoms with Crippen LogP contribution < -0.4 is 0 Å². The zero-order chi connectivity index (χ0) is 15.8. The first kappa shape index (κ1) is 15.0. The van der Waals surface area contributed by atoms with Crippen LogP contribution in [0.4, 0.5) is 26.3 Å². The van der Waals surface area contributed by atoms with Crippen molar-refractivity contribution in [3.05, 3.63) is 41.7 Å². The highest BCUT2D eigenvalue weighted by Crippen LogP contribution is 2.33. The minimum absolute atomic E-state index is 0.474. The summed E-state index contributed by atoms with van der Waals surface area (Å²) in [6.07, 6.45) is -9.40. The second kappa shape index (κ2) is 4.86. The Hall–Kier alpha value is -2.39. The third-order valence-corrected chi connectivity index (χ3v) is 2.44. The van der Waals surface area contributed by atoms with E-state index in [-0.39, 0.29) is 0 Å². The molecule has 0 amide bonds. The molecule has 0 aliphatic rings. The van der Waals surface area contributed by atoms with E-state index in [0.717, 1.165) is 18.2 Å². The summed E-state index contributed by atoms with van der Waals surface area (Å²) in [5, 5.41) is 6.10. The molecule has 0 atom stereocenters. The molecular weight excluding hydrogens is 304 g/mol. The fourth-order valence-corrected chi connectivity index (χ4v) is 1.54. The number of nitrogens with zero attached hydrogens (tertiary/aromatic N) is 3. The molecule has 0 saturated carbocycles. The van der Waals surface area contributed by atoms with Crippen molar-refractivity contribution in [3.8, 4) is 5.69 Å². The number of Topliss-reactive ketones (excluding diaryl/α,β-unsaturated/α-hetero) is 1. The van der Waals surface area contributed by atoms with Crippen molar-refractivity contribution in [2.45, 2.75) is 12.4 Å². The van der Waals surface area contributed by atoms with Gasteiger partial charge in [0.25, 0.3) is 5.78 Å². The quantitative estimate of drug-likeness (QED) is 0.633. The van der Waals surface area contributed by atoms with Crippen LogP contribution in [-0.4, -0.2) is 27.0 Å². The SMILES string of the molecule is O=C(c1cn(-c2ccccc2C(F)(F)F)nn1)C(F)(F)F. The van der Waals surface area contributed by atoms with E-state index < -0.39 is 35.1 Å². The van der Waals surface area contributed by atoms with Crippen LogP contribution in [0.3, 0.4) is 0 Å². The molecule has 0 radical (unpaired) electrons. The van der Waals surface area contributed by atoms with Gasteiger partial charge in [0.05, 0.1) is 17.4 Å². The lowest BCUT2D eigenvalue weighted by Gasteiger charge is -2.11. The second-order valence-electron chi connectivity index (χ2n) is 3.89. The van der Waals surface area contributed by atoms with Crippen LogP contribution in [0.5, 0.6) is 0 Å². The Morgan fingerprint density at radius 1 is 1.05 bits per heavy atom. The van der Waals surface area contributed by atoms with Gasteiger partial charge in [-0.2, -0.15) is 26.3 Å². The summed E-state index contributed by atoms with van der Waals surface area (Å²) in [6, 6.07) is 4.10. The van der Waals surface area contributed by atoms with Gasteiger partial charge >= 0.3 is 12.4 Å². The minimum Gasteiger partial charge on any atom is -0.282 e. The molecule has 0 saturated heterocycles. The summed E-state index contributed by atoms with van der Waals surface area (Å²) in [5.74, 6) is -2.28. The molecule has 0 bridgehead atoms. The summed E-state index contributed by atoms with van der Waals surface area (Å²) >= 11 is 0. The Balaban J connectivity index is 2.47. The van der Waals surface area contributed by atoms with E-state index >= 15 is 0 Å². The van der Waals surface area contributed by atoms with Gasteiger partial charge in [0.2, 0.25) is 0 Å². The maximum absolute atomic E-state index is 12.8. The Kier molecular flexibility index (Phi) is 3.47. The Morgan fingerprint density at radius 2 is 1.67 bits per heavy atom. The summed E-state index contributed by atoms with van der Waals surface area (Å²) < 4.78 is 75.4. The molecular formula is C11H5F6N3O. The van der Waals surface area contributed by atoms with Gasteiger partial charge in [0.1, 0.15) is 0 Å². The van der Waals surface area contributed by atoms with Gasteiger partial charge < -0.3 is 0 Å². The Bertz CT molecular complexity index is 673. The van der Waals surface area contributed by atoms with Crippen LogP contribution in [0.1, 0.15) is 16.1 Å². The number of para-hydroxylation sites is 1. The maximum Gasteiger partial charge on any atom is 0.456 e. The highest BCUT2D eigenvalue weighted by molar-refractivity contribution is 5.98. The Labute approximate surface area is 113 Å². The fraction of sp³-hybridized carbons (Fsp3) is 0.182. The van der Waals surface area contributed by atoms with Crippen LogP contribution >= 0.6 is 0 Å². The predicted octanol–water partition coefficient (Wildman–Crippen LogP) is 3.03. The van der Waals surface area contributed by atoms with Crippen LogP contribution in [-0.2, 0) is 6.18 Å². The van der Waals surface area contributed by atoms with E-state index in [2.05, 4.69) is 10.3 Å². The summed E-state index contributed by atoms with van der Waals surface area (Å²) in [6.45, 7) is 0. The molecule has 4 nitrogen and oxygen atoms in total. The monoisotopic (exact) mass is 309 g/mol. The zero-order valence-electron chi connectivity index (χ0n) is 9.90. The highest BCUT2D eigenvalue weighted by atomic mass is 19.4. The minimum atomic E-state index is -5.18. The molecule has 21 heavy (non-hydrogen) atoms. The Morgan fingerprint density at radius 3 is 2.24 bits per heavy atom. The van der Waals surface area contributed by atoms with E-state index in [9.17, 15) is 31.1 Å². The standard InChI is InChI=1S/C11H5F6N3O/c12-10(13,14)6-3-1-2-4-8(6)20-5-7(18-19-20)9(21)11(15,16)17/h1-5H. The lowest BCUT2D eigenvalue weighted by molar-refractivity contribution is -0.137. The number of alkyl halides is 6. The van der Waals surface area contributed by atoms with Gasteiger partial charge in [-0.05, 0) is 12.1 Å². The van der Waals surface area contributed by atoms with Crippen molar-refractivity contribution >= 4 is 5.78 Å². The number of carbonyl (C=O) groups is 1. The first-order valence-corrected chi connectivity index (χ1v) is 5.31. The fourth-order valence-electron chi connectivity index (χ4n) is 1.54. The summed E-state index contributed by atoms with van der Waals surface area (Å²) in [4.78, 5) is 10.9. The van der Waals surface area contributed by atoms with E-state index in [1.165, 1.54) is 6.07 Å². The zero-order valence-corrected chi connectivity index (χ0v) is 9.90. The third kappa shape index (κ3) is 3.03. The first-order valence-electron chi connectivity index (χ1n) is 5.31. The van der Waals surface area contributed by atoms with Crippen molar-refractivity contribution in [2.75, 3.05) is 0 Å². The summed E-state index contributed by atoms with van der Waals surface area (Å²) in [7, 11) is 0. The molecule has 0 fully saturated rings. The van der Waals surface area contributed by atoms with Crippen LogP contribution in [0.15, 0.2) is 30.5 Å². The smallest absolute Gasteiger partial charge is 0.282 e. The van der Waals surface area contributed by atoms with Gasteiger partial charge in [-0.1, -0.05) is 17.3 Å². The van der Waals surface area contributed by atoms with Gasteiger partial charge in [0.15, 0.2) is 5.69 Å². The number of aromatic nitrogens is 3. The average molecular weight is 309 g/mol. The molecule has 2 aromatic rings.